The van der Waals surface area contributed by atoms with Crippen molar-refractivity contribution in [2.24, 2.45) is 18.2 Å². The second-order valence-electron chi connectivity index (χ2n) is 5.27. The first-order chi connectivity index (χ1) is 7.30. The smallest absolute Gasteiger partial charge is 0.235 e. The Bertz CT molecular complexity index is 363. The largest absolute Gasteiger partial charge is 0.368 e. The van der Waals surface area contributed by atoms with Crippen LogP contribution >= 0.6 is 0 Å². The van der Waals surface area contributed by atoms with Gasteiger partial charge in [-0.05, 0) is 17.0 Å². The Morgan fingerprint density at radius 1 is 1.56 bits per heavy atom. The van der Waals surface area contributed by atoms with Crippen molar-refractivity contribution < 1.29 is 4.79 Å². The molecule has 16 heavy (non-hydrogen) atoms. The molecule has 1 unspecified atom stereocenters. The quantitative estimate of drug-likeness (QED) is 0.800. The van der Waals surface area contributed by atoms with Crippen LogP contribution in [0.25, 0.3) is 0 Å². The Hall–Kier alpha value is -1.29. The van der Waals surface area contributed by atoms with Gasteiger partial charge in [0.1, 0.15) is 0 Å². The van der Waals surface area contributed by atoms with Crippen LogP contribution in [0.15, 0.2) is 18.5 Å². The van der Waals surface area contributed by atoms with E-state index in [0.717, 1.165) is 5.56 Å². The van der Waals surface area contributed by atoms with Gasteiger partial charge in [-0.25, -0.2) is 0 Å². The molecule has 1 atom stereocenters. The summed E-state index contributed by atoms with van der Waals surface area (Å²) in [7, 11) is 1.97. The molecule has 90 valence electrons. The van der Waals surface area contributed by atoms with Crippen LogP contribution in [0.3, 0.4) is 0 Å². The van der Waals surface area contributed by atoms with Crippen molar-refractivity contribution in [1.29, 1.82) is 0 Å². The van der Waals surface area contributed by atoms with E-state index in [2.05, 4.69) is 5.32 Å². The number of aromatic nitrogens is 1. The monoisotopic (exact) mass is 223 g/mol. The lowest BCUT2D eigenvalue weighted by molar-refractivity contribution is -0.122. The Balaban J connectivity index is 2.61. The summed E-state index contributed by atoms with van der Waals surface area (Å²) in [5.74, 6) is -0.302. The van der Waals surface area contributed by atoms with Gasteiger partial charge in [-0.15, -0.1) is 0 Å². The summed E-state index contributed by atoms with van der Waals surface area (Å²) in [6, 6.07) is 1.71. The van der Waals surface area contributed by atoms with Gasteiger partial charge in [-0.1, -0.05) is 20.8 Å². The Morgan fingerprint density at radius 3 is 2.56 bits per heavy atom. The lowest BCUT2D eigenvalue weighted by Gasteiger charge is -2.28. The van der Waals surface area contributed by atoms with E-state index in [1.807, 2.05) is 50.8 Å². The van der Waals surface area contributed by atoms with Gasteiger partial charge in [-0.3, -0.25) is 4.79 Å². The molecule has 0 aliphatic carbocycles. The first-order valence-corrected chi connectivity index (χ1v) is 5.44. The second-order valence-corrected chi connectivity index (χ2v) is 5.27. The van der Waals surface area contributed by atoms with Crippen molar-refractivity contribution in [3.05, 3.63) is 24.0 Å². The molecule has 1 amide bonds. The number of carbonyl (C=O) groups excluding carboxylic acids is 1. The first-order valence-electron chi connectivity index (χ1n) is 5.44. The molecule has 0 saturated heterocycles. The van der Waals surface area contributed by atoms with Crippen LogP contribution in [-0.2, 0) is 18.4 Å². The molecule has 0 saturated carbocycles. The summed E-state index contributed by atoms with van der Waals surface area (Å²) in [5.41, 5.74) is 6.37. The molecule has 4 nitrogen and oxygen atoms in total. The SMILES string of the molecule is Cn1ccc(CNC(C(N)=O)C(C)(C)C)c1. The zero-order chi connectivity index (χ0) is 12.3. The van der Waals surface area contributed by atoms with Crippen LogP contribution in [0.4, 0.5) is 0 Å². The number of carbonyl (C=O) groups is 1. The summed E-state index contributed by atoms with van der Waals surface area (Å²) < 4.78 is 1.98. The number of primary amides is 1. The van der Waals surface area contributed by atoms with Crippen molar-refractivity contribution in [2.45, 2.75) is 33.4 Å². The number of hydrogen-bond donors (Lipinski definition) is 2. The van der Waals surface area contributed by atoms with Crippen molar-refractivity contribution in [3.63, 3.8) is 0 Å². The number of nitrogens with two attached hydrogens (primary N) is 1. The zero-order valence-corrected chi connectivity index (χ0v) is 10.4. The standard InChI is InChI=1S/C12H21N3O/c1-12(2,3)10(11(13)16)14-7-9-5-6-15(4)8-9/h5-6,8,10,14H,7H2,1-4H3,(H2,13,16). The molecular formula is C12H21N3O. The highest BCUT2D eigenvalue weighted by Crippen LogP contribution is 2.19. The molecule has 0 radical (unpaired) electrons. The Labute approximate surface area is 96.8 Å². The summed E-state index contributed by atoms with van der Waals surface area (Å²) in [6.07, 6.45) is 4.00. The van der Waals surface area contributed by atoms with E-state index in [-0.39, 0.29) is 17.4 Å². The number of nitrogens with one attached hydrogen (secondary N) is 1. The molecule has 1 rings (SSSR count). The molecule has 0 bridgehead atoms. The van der Waals surface area contributed by atoms with Gasteiger partial charge in [-0.2, -0.15) is 0 Å². The fourth-order valence-corrected chi connectivity index (χ4v) is 1.72. The highest BCUT2D eigenvalue weighted by atomic mass is 16.1. The summed E-state index contributed by atoms with van der Waals surface area (Å²) in [5, 5.41) is 3.20. The highest BCUT2D eigenvalue weighted by molar-refractivity contribution is 5.80. The van der Waals surface area contributed by atoms with Gasteiger partial charge in [0.05, 0.1) is 6.04 Å². The third kappa shape index (κ3) is 3.38. The van der Waals surface area contributed by atoms with Crippen molar-refractivity contribution >= 4 is 5.91 Å². The van der Waals surface area contributed by atoms with Gasteiger partial charge >= 0.3 is 0 Å². The minimum atomic E-state index is -0.312. The molecule has 4 heteroatoms. The molecule has 0 aliphatic heterocycles. The summed E-state index contributed by atoms with van der Waals surface area (Å²) >= 11 is 0. The van der Waals surface area contributed by atoms with Gasteiger partial charge in [0.15, 0.2) is 0 Å². The van der Waals surface area contributed by atoms with Crippen LogP contribution in [-0.4, -0.2) is 16.5 Å². The van der Waals surface area contributed by atoms with Gasteiger partial charge < -0.3 is 15.6 Å². The topological polar surface area (TPSA) is 60.1 Å². The number of hydrogen-bond acceptors (Lipinski definition) is 2. The maximum atomic E-state index is 11.3. The molecule has 0 aliphatic rings. The fraction of sp³-hybridized carbons (Fsp3) is 0.583. The molecule has 1 aromatic heterocycles. The van der Waals surface area contributed by atoms with E-state index >= 15 is 0 Å². The van der Waals surface area contributed by atoms with Crippen molar-refractivity contribution in [3.8, 4) is 0 Å². The minimum Gasteiger partial charge on any atom is -0.368 e. The number of amides is 1. The Kier molecular flexibility index (Phi) is 3.75. The van der Waals surface area contributed by atoms with Crippen LogP contribution in [0.1, 0.15) is 26.3 Å². The van der Waals surface area contributed by atoms with E-state index < -0.39 is 0 Å². The minimum absolute atomic E-state index is 0.166. The van der Waals surface area contributed by atoms with Gasteiger partial charge in [0, 0.05) is 26.0 Å². The van der Waals surface area contributed by atoms with Crippen LogP contribution < -0.4 is 11.1 Å². The fourth-order valence-electron chi connectivity index (χ4n) is 1.72. The van der Waals surface area contributed by atoms with E-state index in [0.29, 0.717) is 6.54 Å². The summed E-state index contributed by atoms with van der Waals surface area (Å²) in [6.45, 7) is 6.66. The van der Waals surface area contributed by atoms with Crippen LogP contribution in [0.5, 0.6) is 0 Å². The average molecular weight is 223 g/mol. The molecule has 1 aromatic rings. The molecular weight excluding hydrogens is 202 g/mol. The molecule has 3 N–H and O–H groups in total. The van der Waals surface area contributed by atoms with Gasteiger partial charge in [0.25, 0.3) is 0 Å². The third-order valence-corrected chi connectivity index (χ3v) is 2.55. The first kappa shape index (κ1) is 12.8. The Morgan fingerprint density at radius 2 is 2.19 bits per heavy atom. The van der Waals surface area contributed by atoms with Crippen LogP contribution in [0.2, 0.25) is 0 Å². The number of aryl methyl sites for hydroxylation is 1. The van der Waals surface area contributed by atoms with E-state index in [4.69, 9.17) is 5.73 Å². The molecule has 0 aromatic carbocycles. The average Bonchev–Trinajstić information content (AvgIpc) is 2.48. The molecule has 0 fully saturated rings. The lowest BCUT2D eigenvalue weighted by atomic mass is 9.86. The molecule has 0 spiro atoms. The predicted molar refractivity (Wildman–Crippen MR) is 64.7 cm³/mol. The molecule has 1 heterocycles. The van der Waals surface area contributed by atoms with Crippen molar-refractivity contribution in [2.75, 3.05) is 0 Å². The zero-order valence-electron chi connectivity index (χ0n) is 10.4. The summed E-state index contributed by atoms with van der Waals surface area (Å²) in [4.78, 5) is 11.3. The number of rotatable bonds is 4. The maximum Gasteiger partial charge on any atom is 0.235 e. The third-order valence-electron chi connectivity index (χ3n) is 2.55. The highest BCUT2D eigenvalue weighted by Gasteiger charge is 2.28. The second kappa shape index (κ2) is 4.70. The maximum absolute atomic E-state index is 11.3. The van der Waals surface area contributed by atoms with E-state index in [1.54, 1.807) is 0 Å². The number of nitrogens with zero attached hydrogens (tertiary/aromatic N) is 1. The lowest BCUT2D eigenvalue weighted by Crippen LogP contribution is -2.49. The van der Waals surface area contributed by atoms with Crippen molar-refractivity contribution in [1.82, 2.24) is 9.88 Å². The van der Waals surface area contributed by atoms with Crippen LogP contribution in [0, 0.1) is 5.41 Å². The van der Waals surface area contributed by atoms with E-state index in [1.165, 1.54) is 0 Å². The normalized spacial score (nSPS) is 13.8. The van der Waals surface area contributed by atoms with Gasteiger partial charge in [0.2, 0.25) is 5.91 Å². The van der Waals surface area contributed by atoms with E-state index in [9.17, 15) is 4.79 Å². The predicted octanol–water partition coefficient (Wildman–Crippen LogP) is 1.01.